The van der Waals surface area contributed by atoms with Crippen LogP contribution in [0.2, 0.25) is 0 Å². The summed E-state index contributed by atoms with van der Waals surface area (Å²) < 4.78 is 0. The maximum Gasteiger partial charge on any atom is 0.293 e. The van der Waals surface area contributed by atoms with E-state index >= 15 is 0 Å². The number of carbonyl (C=O) groups excluding carboxylic acids is 1. The fourth-order valence-electron chi connectivity index (χ4n) is 2.45. The Morgan fingerprint density at radius 1 is 1.39 bits per heavy atom. The minimum absolute atomic E-state index is 0.118. The normalized spacial score (nSPS) is 17.6. The van der Waals surface area contributed by atoms with E-state index in [0.717, 1.165) is 19.4 Å². The number of hydrogen-bond acceptors (Lipinski definition) is 4. The van der Waals surface area contributed by atoms with Gasteiger partial charge in [-0.25, -0.2) is 4.98 Å². The van der Waals surface area contributed by atoms with Gasteiger partial charge in [0.1, 0.15) is 5.82 Å². The van der Waals surface area contributed by atoms with E-state index in [0.29, 0.717) is 5.82 Å². The highest BCUT2D eigenvalue weighted by Crippen LogP contribution is 2.36. The van der Waals surface area contributed by atoms with Gasteiger partial charge in [-0.05, 0) is 40.3 Å². The molecule has 0 spiro atoms. The van der Waals surface area contributed by atoms with E-state index in [9.17, 15) is 4.79 Å². The maximum absolute atomic E-state index is 12.2. The summed E-state index contributed by atoms with van der Waals surface area (Å²) >= 11 is 0. The molecule has 0 atom stereocenters. The van der Waals surface area contributed by atoms with Crippen LogP contribution in [0.5, 0.6) is 0 Å². The smallest absolute Gasteiger partial charge is 0.293 e. The number of aromatic nitrogens is 3. The second-order valence-corrected chi connectivity index (χ2v) is 5.38. The second kappa shape index (κ2) is 4.68. The fraction of sp³-hybridized carbons (Fsp3) is 0.750. The summed E-state index contributed by atoms with van der Waals surface area (Å²) in [4.78, 5) is 20.2. The van der Waals surface area contributed by atoms with Crippen molar-refractivity contribution in [2.75, 3.05) is 27.7 Å². The molecule has 18 heavy (non-hydrogen) atoms. The van der Waals surface area contributed by atoms with E-state index in [1.165, 1.54) is 6.42 Å². The summed E-state index contributed by atoms with van der Waals surface area (Å²) in [5.41, 5.74) is 0.135. The summed E-state index contributed by atoms with van der Waals surface area (Å²) in [6.07, 6.45) is 3.52. The zero-order valence-electron chi connectivity index (χ0n) is 11.5. The Labute approximate surface area is 107 Å². The summed E-state index contributed by atoms with van der Waals surface area (Å²) in [5, 5.41) is 6.61. The molecule has 1 heterocycles. The number of rotatable bonds is 4. The van der Waals surface area contributed by atoms with Crippen molar-refractivity contribution in [2.24, 2.45) is 0 Å². The molecule has 1 aromatic heterocycles. The highest BCUT2D eigenvalue weighted by molar-refractivity contribution is 5.90. The summed E-state index contributed by atoms with van der Waals surface area (Å²) in [5.74, 6) is 0.799. The zero-order valence-corrected chi connectivity index (χ0v) is 11.5. The monoisotopic (exact) mass is 251 g/mol. The topological polar surface area (TPSA) is 65.1 Å². The Kier molecular flexibility index (Phi) is 3.38. The number of nitrogens with one attached hydrogen (secondary N) is 1. The Hall–Kier alpha value is -1.43. The summed E-state index contributed by atoms with van der Waals surface area (Å²) in [6, 6.07) is 0. The van der Waals surface area contributed by atoms with Gasteiger partial charge in [0.05, 0.1) is 0 Å². The molecule has 0 radical (unpaired) electrons. The lowest BCUT2D eigenvalue weighted by Gasteiger charge is -2.49. The van der Waals surface area contributed by atoms with Crippen LogP contribution in [0.25, 0.3) is 0 Å². The van der Waals surface area contributed by atoms with Crippen molar-refractivity contribution in [1.29, 1.82) is 0 Å². The Balaban J connectivity index is 2.03. The minimum atomic E-state index is -0.118. The molecule has 0 aliphatic heterocycles. The fourth-order valence-corrected chi connectivity index (χ4v) is 2.45. The highest BCUT2D eigenvalue weighted by Gasteiger charge is 2.41. The SMILES string of the molecule is Cc1nc(C(=O)N(C)CC2(N(C)C)CCC2)n[nH]1. The first-order valence-electron chi connectivity index (χ1n) is 6.26. The van der Waals surface area contributed by atoms with Gasteiger partial charge in [-0.1, -0.05) is 0 Å². The van der Waals surface area contributed by atoms with Crippen molar-refractivity contribution in [1.82, 2.24) is 25.0 Å². The standard InChI is InChI=1S/C12H21N5O/c1-9-13-10(15-14-9)11(18)17(4)8-12(16(2)3)6-5-7-12/h5-8H2,1-4H3,(H,13,14,15). The van der Waals surface area contributed by atoms with Crippen molar-refractivity contribution in [3.05, 3.63) is 11.6 Å². The molecule has 1 aliphatic carbocycles. The van der Waals surface area contributed by atoms with Crippen LogP contribution in [0.1, 0.15) is 35.7 Å². The average Bonchev–Trinajstić information content (AvgIpc) is 2.68. The lowest BCUT2D eigenvalue weighted by atomic mass is 9.75. The van der Waals surface area contributed by atoms with Gasteiger partial charge in [0.15, 0.2) is 0 Å². The number of hydrogen-bond donors (Lipinski definition) is 1. The number of nitrogens with zero attached hydrogens (tertiary/aromatic N) is 4. The molecule has 1 aromatic rings. The molecule has 0 aromatic carbocycles. The first kappa shape index (κ1) is 13.0. The van der Waals surface area contributed by atoms with Gasteiger partial charge in [-0.2, -0.15) is 0 Å². The van der Waals surface area contributed by atoms with Crippen LogP contribution in [-0.2, 0) is 0 Å². The van der Waals surface area contributed by atoms with Gasteiger partial charge < -0.3 is 9.80 Å². The lowest BCUT2D eigenvalue weighted by Crippen LogP contribution is -2.57. The summed E-state index contributed by atoms with van der Waals surface area (Å²) in [7, 11) is 5.97. The Morgan fingerprint density at radius 2 is 2.06 bits per heavy atom. The molecule has 0 unspecified atom stereocenters. The van der Waals surface area contributed by atoms with Crippen LogP contribution in [0.3, 0.4) is 0 Å². The van der Waals surface area contributed by atoms with Crippen LogP contribution in [-0.4, -0.2) is 64.1 Å². The molecule has 1 aliphatic rings. The van der Waals surface area contributed by atoms with E-state index in [4.69, 9.17) is 0 Å². The van der Waals surface area contributed by atoms with Crippen LogP contribution in [0.4, 0.5) is 0 Å². The van der Waals surface area contributed by atoms with Crippen LogP contribution < -0.4 is 0 Å². The van der Waals surface area contributed by atoms with Crippen molar-refractivity contribution in [3.63, 3.8) is 0 Å². The van der Waals surface area contributed by atoms with E-state index in [1.54, 1.807) is 11.8 Å². The molecule has 1 N–H and O–H groups in total. The third kappa shape index (κ3) is 2.25. The molecule has 100 valence electrons. The van der Waals surface area contributed by atoms with Gasteiger partial charge in [-0.3, -0.25) is 9.89 Å². The molecule has 1 amide bonds. The first-order chi connectivity index (χ1) is 8.44. The van der Waals surface area contributed by atoms with E-state index < -0.39 is 0 Å². The summed E-state index contributed by atoms with van der Waals surface area (Å²) in [6.45, 7) is 2.52. The van der Waals surface area contributed by atoms with E-state index in [-0.39, 0.29) is 17.3 Å². The molecule has 6 nitrogen and oxygen atoms in total. The minimum Gasteiger partial charge on any atom is -0.337 e. The number of carbonyl (C=O) groups is 1. The van der Waals surface area contributed by atoms with Crippen molar-refractivity contribution in [2.45, 2.75) is 31.7 Å². The third-order valence-corrected chi connectivity index (χ3v) is 3.90. The van der Waals surface area contributed by atoms with Gasteiger partial charge in [0.2, 0.25) is 5.82 Å². The van der Waals surface area contributed by atoms with Crippen molar-refractivity contribution < 1.29 is 4.79 Å². The van der Waals surface area contributed by atoms with Gasteiger partial charge in [0, 0.05) is 19.1 Å². The molecule has 0 bridgehead atoms. The lowest BCUT2D eigenvalue weighted by molar-refractivity contribution is 0.0247. The van der Waals surface area contributed by atoms with Crippen molar-refractivity contribution in [3.8, 4) is 0 Å². The van der Waals surface area contributed by atoms with E-state index in [2.05, 4.69) is 34.2 Å². The van der Waals surface area contributed by atoms with Crippen LogP contribution in [0, 0.1) is 6.92 Å². The highest BCUT2D eigenvalue weighted by atomic mass is 16.2. The van der Waals surface area contributed by atoms with Gasteiger partial charge >= 0.3 is 0 Å². The quantitative estimate of drug-likeness (QED) is 0.854. The van der Waals surface area contributed by atoms with E-state index in [1.807, 2.05) is 7.05 Å². The Bertz CT molecular complexity index is 435. The number of aryl methyl sites for hydroxylation is 1. The third-order valence-electron chi connectivity index (χ3n) is 3.90. The Morgan fingerprint density at radius 3 is 2.44 bits per heavy atom. The predicted octanol–water partition coefficient (Wildman–Crippen LogP) is 0.669. The first-order valence-corrected chi connectivity index (χ1v) is 6.26. The molecular weight excluding hydrogens is 230 g/mol. The van der Waals surface area contributed by atoms with Gasteiger partial charge in [-0.15, -0.1) is 5.10 Å². The maximum atomic E-state index is 12.2. The number of likely N-dealkylation sites (N-methyl/N-ethyl adjacent to an activating group) is 2. The van der Waals surface area contributed by atoms with Crippen LogP contribution >= 0.6 is 0 Å². The zero-order chi connectivity index (χ0) is 13.3. The molecule has 2 rings (SSSR count). The average molecular weight is 251 g/mol. The number of aromatic amines is 1. The largest absolute Gasteiger partial charge is 0.337 e. The molecule has 0 saturated heterocycles. The number of amides is 1. The molecular formula is C12H21N5O. The van der Waals surface area contributed by atoms with Crippen molar-refractivity contribution >= 4 is 5.91 Å². The number of H-pyrrole nitrogens is 1. The van der Waals surface area contributed by atoms with Gasteiger partial charge in [0.25, 0.3) is 5.91 Å². The predicted molar refractivity (Wildman–Crippen MR) is 68.3 cm³/mol. The molecule has 1 saturated carbocycles. The molecule has 6 heteroatoms. The molecule has 1 fully saturated rings. The van der Waals surface area contributed by atoms with Crippen LogP contribution in [0.15, 0.2) is 0 Å². The second-order valence-electron chi connectivity index (χ2n) is 5.38.